The molecule has 1 saturated heterocycles. The van der Waals surface area contributed by atoms with E-state index in [1.54, 1.807) is 19.4 Å². The fourth-order valence-electron chi connectivity index (χ4n) is 2.05. The predicted molar refractivity (Wildman–Crippen MR) is 68.7 cm³/mol. The largest absolute Gasteiger partial charge is 0.359 e. The van der Waals surface area contributed by atoms with Gasteiger partial charge in [0, 0.05) is 32.5 Å². The second-order valence-corrected chi connectivity index (χ2v) is 5.02. The number of nitrogens with one attached hydrogen (secondary N) is 1. The van der Waals surface area contributed by atoms with Crippen molar-refractivity contribution < 1.29 is 4.79 Å². The number of carbonyl (C=O) groups excluding carboxylic acids is 1. The van der Waals surface area contributed by atoms with E-state index in [2.05, 4.69) is 36.1 Å². The summed E-state index contributed by atoms with van der Waals surface area (Å²) in [7, 11) is 1.68. The van der Waals surface area contributed by atoms with Crippen LogP contribution in [-0.2, 0) is 4.79 Å². The molecule has 2 heterocycles. The lowest BCUT2D eigenvalue weighted by molar-refractivity contribution is -0.124. The van der Waals surface area contributed by atoms with E-state index in [0.717, 1.165) is 23.9 Å². The maximum Gasteiger partial charge on any atom is 0.225 e. The third-order valence-corrected chi connectivity index (χ3v) is 3.34. The Hall–Kier alpha value is -1.17. The highest BCUT2D eigenvalue weighted by Crippen LogP contribution is 2.20. The normalized spacial score (nSPS) is 20.1. The number of hydrogen-bond donors (Lipinski definition) is 1. The summed E-state index contributed by atoms with van der Waals surface area (Å²) in [5.41, 5.74) is 0. The number of nitrogens with zero attached hydrogens (tertiary/aromatic N) is 3. The first-order valence-corrected chi connectivity index (χ1v) is 6.44. The van der Waals surface area contributed by atoms with Crippen molar-refractivity contribution in [2.24, 2.45) is 5.92 Å². The molecule has 17 heavy (non-hydrogen) atoms. The van der Waals surface area contributed by atoms with Crippen LogP contribution in [0.15, 0.2) is 16.9 Å². The van der Waals surface area contributed by atoms with Crippen molar-refractivity contribution in [3.05, 3.63) is 16.9 Å². The van der Waals surface area contributed by atoms with Crippen LogP contribution in [0.25, 0.3) is 0 Å². The first-order chi connectivity index (χ1) is 8.20. The molecule has 0 saturated carbocycles. The summed E-state index contributed by atoms with van der Waals surface area (Å²) in [6.07, 6.45) is 5.39. The number of carbonyl (C=O) groups is 1. The number of piperidine rings is 1. The molecule has 92 valence electrons. The van der Waals surface area contributed by atoms with Crippen molar-refractivity contribution in [1.29, 1.82) is 0 Å². The average molecular weight is 299 g/mol. The number of rotatable bonds is 2. The minimum Gasteiger partial charge on any atom is -0.359 e. The molecule has 1 unspecified atom stereocenters. The van der Waals surface area contributed by atoms with Crippen LogP contribution in [0.1, 0.15) is 12.8 Å². The van der Waals surface area contributed by atoms with Gasteiger partial charge in [-0.05, 0) is 28.8 Å². The second-order valence-electron chi connectivity index (χ2n) is 4.10. The fourth-order valence-corrected chi connectivity index (χ4v) is 2.25. The lowest BCUT2D eigenvalue weighted by atomic mass is 9.97. The van der Waals surface area contributed by atoms with E-state index >= 15 is 0 Å². The molecule has 0 aliphatic carbocycles. The smallest absolute Gasteiger partial charge is 0.225 e. The monoisotopic (exact) mass is 298 g/mol. The van der Waals surface area contributed by atoms with E-state index in [4.69, 9.17) is 0 Å². The van der Waals surface area contributed by atoms with Crippen LogP contribution in [0.4, 0.5) is 5.95 Å². The molecule has 1 N–H and O–H groups in total. The van der Waals surface area contributed by atoms with E-state index in [0.29, 0.717) is 12.5 Å². The molecule has 6 heteroatoms. The van der Waals surface area contributed by atoms with E-state index in [1.807, 2.05) is 0 Å². The van der Waals surface area contributed by atoms with E-state index in [9.17, 15) is 4.79 Å². The van der Waals surface area contributed by atoms with Gasteiger partial charge in [-0.2, -0.15) is 0 Å². The molecule has 0 radical (unpaired) electrons. The molecule has 0 bridgehead atoms. The van der Waals surface area contributed by atoms with Crippen LogP contribution in [0, 0.1) is 5.92 Å². The highest BCUT2D eigenvalue weighted by atomic mass is 79.9. The second kappa shape index (κ2) is 5.44. The van der Waals surface area contributed by atoms with Crippen molar-refractivity contribution in [1.82, 2.24) is 15.3 Å². The topological polar surface area (TPSA) is 58.1 Å². The lowest BCUT2D eigenvalue weighted by Gasteiger charge is -2.31. The lowest BCUT2D eigenvalue weighted by Crippen LogP contribution is -2.42. The molecule has 2 rings (SSSR count). The van der Waals surface area contributed by atoms with Crippen molar-refractivity contribution in [3.8, 4) is 0 Å². The zero-order valence-electron chi connectivity index (χ0n) is 9.69. The summed E-state index contributed by atoms with van der Waals surface area (Å²) < 4.78 is 0.862. The van der Waals surface area contributed by atoms with Crippen molar-refractivity contribution in [2.75, 3.05) is 25.0 Å². The maximum absolute atomic E-state index is 11.6. The van der Waals surface area contributed by atoms with Gasteiger partial charge in [0.05, 0.1) is 10.4 Å². The van der Waals surface area contributed by atoms with Crippen LogP contribution < -0.4 is 10.2 Å². The standard InChI is InChI=1S/C11H15BrN4O/c1-13-10(17)8-3-2-4-16(7-8)11-14-5-9(12)6-15-11/h5-6,8H,2-4,7H2,1H3,(H,13,17). The summed E-state index contributed by atoms with van der Waals surface area (Å²) in [6.45, 7) is 1.61. The third-order valence-electron chi connectivity index (χ3n) is 2.93. The number of amides is 1. The molecule has 1 amide bonds. The molecule has 1 atom stereocenters. The summed E-state index contributed by atoms with van der Waals surface area (Å²) in [4.78, 5) is 22.2. The summed E-state index contributed by atoms with van der Waals surface area (Å²) in [5, 5.41) is 2.70. The maximum atomic E-state index is 11.6. The highest BCUT2D eigenvalue weighted by molar-refractivity contribution is 9.10. The van der Waals surface area contributed by atoms with Crippen molar-refractivity contribution >= 4 is 27.8 Å². The van der Waals surface area contributed by atoms with Crippen LogP contribution in [0.2, 0.25) is 0 Å². The van der Waals surface area contributed by atoms with Gasteiger partial charge in [-0.3, -0.25) is 4.79 Å². The number of aromatic nitrogens is 2. The quantitative estimate of drug-likeness (QED) is 0.891. The van der Waals surface area contributed by atoms with Gasteiger partial charge in [0.15, 0.2) is 0 Å². The van der Waals surface area contributed by atoms with Gasteiger partial charge < -0.3 is 10.2 Å². The fraction of sp³-hybridized carbons (Fsp3) is 0.545. The first-order valence-electron chi connectivity index (χ1n) is 5.65. The van der Waals surface area contributed by atoms with Gasteiger partial charge in [0.25, 0.3) is 0 Å². The number of anilines is 1. The molecule has 1 aromatic rings. The zero-order valence-corrected chi connectivity index (χ0v) is 11.3. The van der Waals surface area contributed by atoms with Gasteiger partial charge in [-0.15, -0.1) is 0 Å². The Bertz CT molecular complexity index is 395. The molecule has 1 aliphatic heterocycles. The van der Waals surface area contributed by atoms with E-state index in [-0.39, 0.29) is 11.8 Å². The summed E-state index contributed by atoms with van der Waals surface area (Å²) in [6, 6.07) is 0. The molecular formula is C11H15BrN4O. The number of halogens is 1. The molecule has 1 aliphatic rings. The van der Waals surface area contributed by atoms with Crippen LogP contribution in [0.3, 0.4) is 0 Å². The molecule has 0 aromatic carbocycles. The highest BCUT2D eigenvalue weighted by Gasteiger charge is 2.26. The van der Waals surface area contributed by atoms with Crippen molar-refractivity contribution in [2.45, 2.75) is 12.8 Å². The average Bonchev–Trinajstić information content (AvgIpc) is 2.39. The summed E-state index contributed by atoms with van der Waals surface area (Å²) >= 11 is 3.31. The molecule has 1 fully saturated rings. The minimum atomic E-state index is 0.0426. The summed E-state index contributed by atoms with van der Waals surface area (Å²) in [5.74, 6) is 0.842. The molecule has 5 nitrogen and oxygen atoms in total. The van der Waals surface area contributed by atoms with E-state index < -0.39 is 0 Å². The molecule has 0 spiro atoms. The van der Waals surface area contributed by atoms with Crippen LogP contribution >= 0.6 is 15.9 Å². The SMILES string of the molecule is CNC(=O)C1CCCN(c2ncc(Br)cn2)C1. The van der Waals surface area contributed by atoms with Gasteiger partial charge in [-0.1, -0.05) is 0 Å². The zero-order chi connectivity index (χ0) is 12.3. The van der Waals surface area contributed by atoms with Crippen molar-refractivity contribution in [3.63, 3.8) is 0 Å². The van der Waals surface area contributed by atoms with Crippen LogP contribution in [-0.4, -0.2) is 36.0 Å². The third kappa shape index (κ3) is 2.94. The van der Waals surface area contributed by atoms with Gasteiger partial charge in [0.2, 0.25) is 11.9 Å². The number of hydrogen-bond acceptors (Lipinski definition) is 4. The predicted octanol–water partition coefficient (Wildman–Crippen LogP) is 1.20. The van der Waals surface area contributed by atoms with Crippen LogP contribution in [0.5, 0.6) is 0 Å². The van der Waals surface area contributed by atoms with Gasteiger partial charge in [-0.25, -0.2) is 9.97 Å². The Morgan fingerprint density at radius 3 is 2.88 bits per heavy atom. The Morgan fingerprint density at radius 2 is 2.24 bits per heavy atom. The Kier molecular flexibility index (Phi) is 3.93. The molecule has 1 aromatic heterocycles. The molecular weight excluding hydrogens is 284 g/mol. The minimum absolute atomic E-state index is 0.0426. The Balaban J connectivity index is 2.06. The van der Waals surface area contributed by atoms with E-state index in [1.165, 1.54) is 0 Å². The van der Waals surface area contributed by atoms with Gasteiger partial charge >= 0.3 is 0 Å². The Labute approximate surface area is 109 Å². The van der Waals surface area contributed by atoms with Gasteiger partial charge in [0.1, 0.15) is 0 Å². The Morgan fingerprint density at radius 1 is 1.53 bits per heavy atom. The first kappa shape index (κ1) is 12.3.